The highest BCUT2D eigenvalue weighted by atomic mass is 32.1. The molecule has 0 radical (unpaired) electrons. The molecule has 0 bridgehead atoms. The summed E-state index contributed by atoms with van der Waals surface area (Å²) in [6, 6.07) is 11.2. The first-order valence-electron chi connectivity index (χ1n) is 9.97. The van der Waals surface area contributed by atoms with Gasteiger partial charge < -0.3 is 9.30 Å². The lowest BCUT2D eigenvalue weighted by Gasteiger charge is -2.11. The zero-order chi connectivity index (χ0) is 22.0. The van der Waals surface area contributed by atoms with Gasteiger partial charge in [-0.3, -0.25) is 4.79 Å². The first kappa shape index (κ1) is 20.7. The summed E-state index contributed by atoms with van der Waals surface area (Å²) in [6.45, 7) is 7.10. The van der Waals surface area contributed by atoms with Crippen LogP contribution >= 0.6 is 12.2 Å². The number of aromatic amines is 1. The SMILES string of the molecule is CCOc1ccc(/C=N/n2c(-c3cn(CC)c4nc(C)ccc4c3=O)n[nH]c2=S)cc1. The summed E-state index contributed by atoms with van der Waals surface area (Å²) in [7, 11) is 0. The molecule has 0 aliphatic rings. The highest BCUT2D eigenvalue weighted by Gasteiger charge is 2.17. The van der Waals surface area contributed by atoms with E-state index in [1.54, 1.807) is 18.5 Å². The van der Waals surface area contributed by atoms with Crippen molar-refractivity contribution < 1.29 is 4.74 Å². The molecule has 1 N–H and O–H groups in total. The number of H-pyrrole nitrogens is 1. The number of hydrogen-bond donors (Lipinski definition) is 1. The van der Waals surface area contributed by atoms with Crippen molar-refractivity contribution in [2.24, 2.45) is 5.10 Å². The maximum Gasteiger partial charge on any atom is 0.216 e. The summed E-state index contributed by atoms with van der Waals surface area (Å²) < 4.78 is 9.14. The van der Waals surface area contributed by atoms with E-state index in [1.807, 2.05) is 55.7 Å². The molecule has 3 aromatic heterocycles. The standard InChI is InChI=1S/C22H22N6O2S/c1-4-27-13-18(19(29)17-11-6-14(3)24-20(17)27)21-25-26-22(31)28(21)23-12-15-7-9-16(10-8-15)30-5-2/h6-13H,4-5H2,1-3H3,(H,26,31)/b23-12+. The predicted octanol–water partition coefficient (Wildman–Crippen LogP) is 3.93. The number of benzene rings is 1. The molecule has 0 fully saturated rings. The largest absolute Gasteiger partial charge is 0.494 e. The Morgan fingerprint density at radius 3 is 2.68 bits per heavy atom. The third-order valence-corrected chi connectivity index (χ3v) is 5.07. The van der Waals surface area contributed by atoms with Crippen LogP contribution in [0.4, 0.5) is 0 Å². The summed E-state index contributed by atoms with van der Waals surface area (Å²) in [6.07, 6.45) is 3.42. The van der Waals surface area contributed by atoms with Crippen molar-refractivity contribution in [1.29, 1.82) is 0 Å². The minimum absolute atomic E-state index is 0.168. The maximum atomic E-state index is 13.2. The summed E-state index contributed by atoms with van der Waals surface area (Å²) in [4.78, 5) is 17.8. The van der Waals surface area contributed by atoms with Crippen molar-refractivity contribution >= 4 is 29.5 Å². The summed E-state index contributed by atoms with van der Waals surface area (Å²) in [5.74, 6) is 1.14. The lowest BCUT2D eigenvalue weighted by Crippen LogP contribution is -2.15. The Labute approximate surface area is 183 Å². The van der Waals surface area contributed by atoms with Crippen LogP contribution in [0, 0.1) is 11.7 Å². The Morgan fingerprint density at radius 1 is 1.19 bits per heavy atom. The van der Waals surface area contributed by atoms with Gasteiger partial charge in [0.15, 0.2) is 5.82 Å². The molecule has 4 rings (SSSR count). The highest BCUT2D eigenvalue weighted by Crippen LogP contribution is 2.19. The second-order valence-corrected chi connectivity index (χ2v) is 7.28. The van der Waals surface area contributed by atoms with E-state index >= 15 is 0 Å². The maximum absolute atomic E-state index is 13.2. The van der Waals surface area contributed by atoms with E-state index in [9.17, 15) is 4.79 Å². The van der Waals surface area contributed by atoms with Gasteiger partial charge in [-0.2, -0.15) is 14.9 Å². The van der Waals surface area contributed by atoms with E-state index < -0.39 is 0 Å². The predicted molar refractivity (Wildman–Crippen MR) is 123 cm³/mol. The monoisotopic (exact) mass is 434 g/mol. The van der Waals surface area contributed by atoms with Crippen LogP contribution in [0.15, 0.2) is 52.5 Å². The fourth-order valence-corrected chi connectivity index (χ4v) is 3.45. The molecule has 1 aromatic carbocycles. The number of pyridine rings is 2. The Kier molecular flexibility index (Phi) is 5.77. The molecule has 0 saturated carbocycles. The minimum Gasteiger partial charge on any atom is -0.494 e. The van der Waals surface area contributed by atoms with E-state index in [1.165, 1.54) is 4.68 Å². The smallest absolute Gasteiger partial charge is 0.216 e. The van der Waals surface area contributed by atoms with Gasteiger partial charge in [0.25, 0.3) is 0 Å². The van der Waals surface area contributed by atoms with Crippen LogP contribution in [0.5, 0.6) is 5.75 Å². The number of ether oxygens (including phenoxy) is 1. The van der Waals surface area contributed by atoms with Crippen molar-refractivity contribution in [2.75, 3.05) is 6.61 Å². The van der Waals surface area contributed by atoms with Crippen molar-refractivity contribution in [3.05, 3.63) is 68.8 Å². The molecule has 0 amide bonds. The molecular formula is C22H22N6O2S. The zero-order valence-corrected chi connectivity index (χ0v) is 18.3. The highest BCUT2D eigenvalue weighted by molar-refractivity contribution is 7.71. The first-order valence-corrected chi connectivity index (χ1v) is 10.4. The average Bonchev–Trinajstić information content (AvgIpc) is 3.14. The third kappa shape index (κ3) is 4.04. The van der Waals surface area contributed by atoms with Gasteiger partial charge in [-0.1, -0.05) is 0 Å². The zero-order valence-electron chi connectivity index (χ0n) is 17.5. The normalized spacial score (nSPS) is 11.5. The minimum atomic E-state index is -0.168. The number of hydrogen-bond acceptors (Lipinski definition) is 6. The van der Waals surface area contributed by atoms with Crippen LogP contribution in [0.2, 0.25) is 0 Å². The van der Waals surface area contributed by atoms with Gasteiger partial charge in [0.2, 0.25) is 10.2 Å². The molecule has 8 nitrogen and oxygen atoms in total. The van der Waals surface area contributed by atoms with E-state index in [0.29, 0.717) is 40.3 Å². The van der Waals surface area contributed by atoms with Gasteiger partial charge in [0, 0.05) is 18.4 Å². The summed E-state index contributed by atoms with van der Waals surface area (Å²) >= 11 is 5.35. The fraction of sp³-hybridized carbons (Fsp3) is 0.227. The number of nitrogens with one attached hydrogen (secondary N) is 1. The molecule has 31 heavy (non-hydrogen) atoms. The van der Waals surface area contributed by atoms with Gasteiger partial charge in [-0.25, -0.2) is 10.1 Å². The van der Waals surface area contributed by atoms with E-state index in [4.69, 9.17) is 17.0 Å². The van der Waals surface area contributed by atoms with Gasteiger partial charge in [-0.15, -0.1) is 0 Å². The molecular weight excluding hydrogens is 412 g/mol. The number of aryl methyl sites for hydroxylation is 2. The molecule has 158 valence electrons. The van der Waals surface area contributed by atoms with Crippen LogP contribution in [0.1, 0.15) is 25.1 Å². The molecule has 0 aliphatic heterocycles. The van der Waals surface area contributed by atoms with Crippen LogP contribution in [0.25, 0.3) is 22.4 Å². The summed E-state index contributed by atoms with van der Waals surface area (Å²) in [5.41, 5.74) is 2.59. The Balaban J connectivity index is 1.80. The van der Waals surface area contributed by atoms with E-state index in [-0.39, 0.29) is 5.43 Å². The van der Waals surface area contributed by atoms with Gasteiger partial charge in [0.05, 0.1) is 23.8 Å². The average molecular weight is 435 g/mol. The summed E-state index contributed by atoms with van der Waals surface area (Å²) in [5, 5.41) is 12.0. The van der Waals surface area contributed by atoms with Crippen molar-refractivity contribution in [3.8, 4) is 17.1 Å². The third-order valence-electron chi connectivity index (χ3n) is 4.81. The fourth-order valence-electron chi connectivity index (χ4n) is 3.27. The number of aromatic nitrogens is 5. The van der Waals surface area contributed by atoms with Gasteiger partial charge in [0.1, 0.15) is 11.4 Å². The molecule has 0 spiro atoms. The van der Waals surface area contributed by atoms with Gasteiger partial charge in [-0.05, 0) is 75.0 Å². The molecule has 0 atom stereocenters. The van der Waals surface area contributed by atoms with Gasteiger partial charge >= 0.3 is 0 Å². The van der Waals surface area contributed by atoms with Crippen LogP contribution in [0.3, 0.4) is 0 Å². The van der Waals surface area contributed by atoms with E-state index in [2.05, 4.69) is 20.3 Å². The molecule has 4 aromatic rings. The van der Waals surface area contributed by atoms with Crippen molar-refractivity contribution in [2.45, 2.75) is 27.3 Å². The number of rotatable bonds is 6. The molecule has 0 saturated heterocycles. The quantitative estimate of drug-likeness (QED) is 0.367. The molecule has 0 unspecified atom stereocenters. The second-order valence-electron chi connectivity index (χ2n) is 6.89. The lowest BCUT2D eigenvalue weighted by atomic mass is 10.1. The topological polar surface area (TPSA) is 90.1 Å². The Bertz CT molecular complexity index is 1380. The Morgan fingerprint density at radius 2 is 1.97 bits per heavy atom. The number of fused-ring (bicyclic) bond motifs is 1. The van der Waals surface area contributed by atoms with Crippen LogP contribution < -0.4 is 10.2 Å². The number of nitrogens with zero attached hydrogens (tertiary/aromatic N) is 5. The first-order chi connectivity index (χ1) is 15.0. The molecule has 9 heteroatoms. The molecule has 0 aliphatic carbocycles. The molecule has 3 heterocycles. The van der Waals surface area contributed by atoms with Crippen LogP contribution in [-0.2, 0) is 6.54 Å². The van der Waals surface area contributed by atoms with Crippen molar-refractivity contribution in [3.63, 3.8) is 0 Å². The Hall–Kier alpha value is -3.59. The van der Waals surface area contributed by atoms with E-state index in [0.717, 1.165) is 17.0 Å². The van der Waals surface area contributed by atoms with Crippen molar-refractivity contribution in [1.82, 2.24) is 24.4 Å². The lowest BCUT2D eigenvalue weighted by molar-refractivity contribution is 0.340. The van der Waals surface area contributed by atoms with Crippen LogP contribution in [-0.4, -0.2) is 37.2 Å². The second kappa shape index (κ2) is 8.65.